The molecule has 6 heteroatoms. The molecule has 2 aliphatic rings. The third-order valence-corrected chi connectivity index (χ3v) is 6.76. The molecule has 0 amide bonds. The number of fused-ring (bicyclic) bond motifs is 1. The molecule has 2 heterocycles. The summed E-state index contributed by atoms with van der Waals surface area (Å²) in [5.41, 5.74) is 1.69. The summed E-state index contributed by atoms with van der Waals surface area (Å²) < 4.78 is 24.8. The Morgan fingerprint density at radius 2 is 1.67 bits per heavy atom. The van der Waals surface area contributed by atoms with E-state index in [4.69, 9.17) is 18.5 Å². The molecule has 2 aliphatic heterocycles. The third-order valence-electron chi connectivity index (χ3n) is 6.01. The lowest BCUT2D eigenvalue weighted by molar-refractivity contribution is 0.00578. The summed E-state index contributed by atoms with van der Waals surface area (Å²) in [6.45, 7) is 20.1. The standard InChI is InChI=1S/C21H34BO4Si/c1-19(2,3)18-15-12-14(22-25-20(4,5)21(6,7)26-22)10-11-16(15)24-17(18)13-23-27(8)9/h10-12,17-18H,13H2,1-9H3. The summed E-state index contributed by atoms with van der Waals surface area (Å²) >= 11 is 0. The monoisotopic (exact) mass is 389 g/mol. The number of hydrogen-bond acceptors (Lipinski definition) is 4. The van der Waals surface area contributed by atoms with Crippen LogP contribution in [0.2, 0.25) is 13.1 Å². The van der Waals surface area contributed by atoms with Gasteiger partial charge in [-0.25, -0.2) is 0 Å². The van der Waals surface area contributed by atoms with Crippen molar-refractivity contribution in [2.45, 2.75) is 84.8 Å². The summed E-state index contributed by atoms with van der Waals surface area (Å²) in [5.74, 6) is 1.24. The molecule has 0 bridgehead atoms. The van der Waals surface area contributed by atoms with Crippen molar-refractivity contribution in [1.29, 1.82) is 0 Å². The van der Waals surface area contributed by atoms with Crippen molar-refractivity contribution in [3.8, 4) is 5.75 Å². The van der Waals surface area contributed by atoms with E-state index in [0.29, 0.717) is 6.61 Å². The minimum Gasteiger partial charge on any atom is -0.487 e. The molecular formula is C21H34BO4Si. The first-order valence-electron chi connectivity index (χ1n) is 9.91. The molecule has 4 nitrogen and oxygen atoms in total. The lowest BCUT2D eigenvalue weighted by atomic mass is 9.71. The maximum atomic E-state index is 6.31. The molecule has 0 saturated carbocycles. The molecule has 2 atom stereocenters. The molecule has 27 heavy (non-hydrogen) atoms. The summed E-state index contributed by atoms with van der Waals surface area (Å²) in [4.78, 5) is 0. The molecule has 0 N–H and O–H groups in total. The minimum atomic E-state index is -0.743. The summed E-state index contributed by atoms with van der Waals surface area (Å²) in [5, 5.41) is 0. The van der Waals surface area contributed by atoms with Crippen LogP contribution in [0.15, 0.2) is 18.2 Å². The van der Waals surface area contributed by atoms with Crippen molar-refractivity contribution >= 4 is 21.6 Å². The predicted octanol–water partition coefficient (Wildman–Crippen LogP) is 4.14. The van der Waals surface area contributed by atoms with Crippen molar-refractivity contribution in [2.24, 2.45) is 5.41 Å². The van der Waals surface area contributed by atoms with E-state index in [1.807, 2.05) is 0 Å². The van der Waals surface area contributed by atoms with Crippen molar-refractivity contribution < 1.29 is 18.5 Å². The molecular weight excluding hydrogens is 355 g/mol. The molecule has 3 rings (SSSR count). The van der Waals surface area contributed by atoms with Gasteiger partial charge in [0.05, 0.1) is 17.8 Å². The van der Waals surface area contributed by atoms with Gasteiger partial charge in [0.2, 0.25) is 9.04 Å². The van der Waals surface area contributed by atoms with Gasteiger partial charge >= 0.3 is 7.12 Å². The quantitative estimate of drug-likeness (QED) is 0.726. The highest BCUT2D eigenvalue weighted by Gasteiger charge is 2.52. The molecule has 2 unspecified atom stereocenters. The highest BCUT2D eigenvalue weighted by Crippen LogP contribution is 2.48. The predicted molar refractivity (Wildman–Crippen MR) is 112 cm³/mol. The maximum Gasteiger partial charge on any atom is 0.494 e. The van der Waals surface area contributed by atoms with Gasteiger partial charge in [0.1, 0.15) is 11.9 Å². The molecule has 1 aromatic rings. The van der Waals surface area contributed by atoms with Crippen LogP contribution in [0.3, 0.4) is 0 Å². The number of ether oxygens (including phenoxy) is 1. The second kappa shape index (κ2) is 6.90. The highest BCUT2D eigenvalue weighted by molar-refractivity contribution is 6.62. The van der Waals surface area contributed by atoms with Gasteiger partial charge in [0.15, 0.2) is 0 Å². The SMILES string of the molecule is C[Si](C)OCC1Oc2ccc(B3OC(C)(C)C(C)(C)O3)cc2C1C(C)(C)C. The van der Waals surface area contributed by atoms with E-state index in [1.165, 1.54) is 5.56 Å². The van der Waals surface area contributed by atoms with Gasteiger partial charge in [0, 0.05) is 11.5 Å². The van der Waals surface area contributed by atoms with Crippen molar-refractivity contribution in [1.82, 2.24) is 0 Å². The second-order valence-corrected chi connectivity index (χ2v) is 12.2. The van der Waals surface area contributed by atoms with E-state index in [2.05, 4.69) is 79.8 Å². The van der Waals surface area contributed by atoms with Crippen molar-refractivity contribution in [3.05, 3.63) is 23.8 Å². The van der Waals surface area contributed by atoms with Crippen molar-refractivity contribution in [3.63, 3.8) is 0 Å². The smallest absolute Gasteiger partial charge is 0.487 e. The van der Waals surface area contributed by atoms with Gasteiger partial charge in [0.25, 0.3) is 0 Å². The van der Waals surface area contributed by atoms with Gasteiger partial charge in [-0.3, -0.25) is 0 Å². The first-order valence-corrected chi connectivity index (χ1v) is 12.3. The average molecular weight is 389 g/mol. The summed E-state index contributed by atoms with van der Waals surface area (Å²) in [7, 11) is -1.09. The largest absolute Gasteiger partial charge is 0.494 e. The first-order chi connectivity index (χ1) is 12.3. The van der Waals surface area contributed by atoms with E-state index in [1.54, 1.807) is 0 Å². The molecule has 1 aromatic carbocycles. The van der Waals surface area contributed by atoms with Gasteiger partial charge in [-0.15, -0.1) is 0 Å². The lowest BCUT2D eigenvalue weighted by Crippen LogP contribution is -2.41. The van der Waals surface area contributed by atoms with E-state index < -0.39 is 9.04 Å². The Labute approximate surface area is 166 Å². The van der Waals surface area contributed by atoms with Crippen LogP contribution in [0.4, 0.5) is 0 Å². The molecule has 0 aromatic heterocycles. The van der Waals surface area contributed by atoms with Crippen LogP contribution in [0.25, 0.3) is 0 Å². The van der Waals surface area contributed by atoms with E-state index in [0.717, 1.165) is 11.2 Å². The first kappa shape index (κ1) is 20.9. The lowest BCUT2D eigenvalue weighted by Gasteiger charge is -2.32. The Bertz CT molecular complexity index is 680. The fraction of sp³-hybridized carbons (Fsp3) is 0.714. The van der Waals surface area contributed by atoms with Crippen molar-refractivity contribution in [2.75, 3.05) is 6.61 Å². The molecule has 0 spiro atoms. The molecule has 0 aliphatic carbocycles. The molecule has 1 saturated heterocycles. The fourth-order valence-electron chi connectivity index (χ4n) is 3.88. The topological polar surface area (TPSA) is 36.9 Å². The molecule has 1 radical (unpaired) electrons. The van der Waals surface area contributed by atoms with Gasteiger partial charge < -0.3 is 18.5 Å². The zero-order valence-corrected chi connectivity index (χ0v) is 19.3. The fourth-order valence-corrected chi connectivity index (χ4v) is 4.38. The Morgan fingerprint density at radius 3 is 2.19 bits per heavy atom. The third kappa shape index (κ3) is 4.00. The average Bonchev–Trinajstić information content (AvgIpc) is 2.98. The van der Waals surface area contributed by atoms with Crippen LogP contribution in [0.1, 0.15) is 59.9 Å². The number of benzene rings is 1. The van der Waals surface area contributed by atoms with Crippen LogP contribution >= 0.6 is 0 Å². The van der Waals surface area contributed by atoms with E-state index in [9.17, 15) is 0 Å². The summed E-state index contributed by atoms with van der Waals surface area (Å²) in [6, 6.07) is 6.36. The van der Waals surface area contributed by atoms with Gasteiger partial charge in [-0.2, -0.15) is 0 Å². The molecule has 1 fully saturated rings. The van der Waals surface area contributed by atoms with Crippen LogP contribution in [0.5, 0.6) is 5.75 Å². The Morgan fingerprint density at radius 1 is 1.07 bits per heavy atom. The zero-order chi connectivity index (χ0) is 20.2. The van der Waals surface area contributed by atoms with E-state index in [-0.39, 0.29) is 35.8 Å². The van der Waals surface area contributed by atoms with Crippen LogP contribution in [0, 0.1) is 5.41 Å². The summed E-state index contributed by atoms with van der Waals surface area (Å²) in [6.07, 6.45) is 0.0495. The number of rotatable bonds is 4. The van der Waals surface area contributed by atoms with Gasteiger partial charge in [-0.05, 0) is 57.7 Å². The Balaban J connectivity index is 1.90. The molecule has 149 valence electrons. The Hall–Kier alpha value is -0.818. The zero-order valence-electron chi connectivity index (χ0n) is 18.3. The van der Waals surface area contributed by atoms with Crippen LogP contribution in [-0.4, -0.2) is 40.1 Å². The highest BCUT2D eigenvalue weighted by atomic mass is 28.3. The Kier molecular flexibility index (Phi) is 5.35. The van der Waals surface area contributed by atoms with Crippen LogP contribution in [-0.2, 0) is 13.7 Å². The second-order valence-electron chi connectivity index (χ2n) is 10.1. The van der Waals surface area contributed by atoms with E-state index >= 15 is 0 Å². The maximum absolute atomic E-state index is 6.31. The van der Waals surface area contributed by atoms with Crippen LogP contribution < -0.4 is 10.2 Å². The van der Waals surface area contributed by atoms with Gasteiger partial charge in [-0.1, -0.05) is 32.9 Å². The normalized spacial score (nSPS) is 26.4. The minimum absolute atomic E-state index is 0.0495. The number of hydrogen-bond donors (Lipinski definition) is 0.